The van der Waals surface area contributed by atoms with Crippen LogP contribution in [0.25, 0.3) is 0 Å². The number of aromatic nitrogens is 1. The van der Waals surface area contributed by atoms with E-state index in [0.717, 1.165) is 5.56 Å². The molecule has 0 spiro atoms. The van der Waals surface area contributed by atoms with Crippen LogP contribution in [0.4, 0.5) is 15.9 Å². The monoisotopic (exact) mass is 329 g/mol. The van der Waals surface area contributed by atoms with Crippen molar-refractivity contribution in [2.24, 2.45) is 5.41 Å². The summed E-state index contributed by atoms with van der Waals surface area (Å²) >= 11 is 0. The zero-order valence-electron chi connectivity index (χ0n) is 14.1. The van der Waals surface area contributed by atoms with Gasteiger partial charge in [0, 0.05) is 5.41 Å². The van der Waals surface area contributed by atoms with Crippen molar-refractivity contribution in [3.8, 4) is 0 Å². The van der Waals surface area contributed by atoms with E-state index in [-0.39, 0.29) is 17.3 Å². The van der Waals surface area contributed by atoms with Gasteiger partial charge < -0.3 is 10.6 Å². The quantitative estimate of drug-likeness (QED) is 0.900. The number of hydrogen-bond donors (Lipinski definition) is 2. The van der Waals surface area contributed by atoms with Crippen molar-refractivity contribution >= 4 is 23.3 Å². The van der Waals surface area contributed by atoms with E-state index in [1.807, 2.05) is 20.8 Å². The van der Waals surface area contributed by atoms with Gasteiger partial charge in [-0.3, -0.25) is 9.59 Å². The summed E-state index contributed by atoms with van der Waals surface area (Å²) in [6, 6.07) is 7.34. The van der Waals surface area contributed by atoms with Crippen LogP contribution in [0.15, 0.2) is 36.5 Å². The second kappa shape index (κ2) is 6.78. The van der Waals surface area contributed by atoms with Crippen LogP contribution in [0.5, 0.6) is 0 Å². The van der Waals surface area contributed by atoms with Crippen LogP contribution in [0.1, 0.15) is 36.7 Å². The average molecular weight is 329 g/mol. The maximum Gasteiger partial charge on any atom is 0.259 e. The molecule has 0 fully saturated rings. The topological polar surface area (TPSA) is 71.1 Å². The molecule has 0 atom stereocenters. The van der Waals surface area contributed by atoms with Gasteiger partial charge in [-0.05, 0) is 30.7 Å². The van der Waals surface area contributed by atoms with Crippen molar-refractivity contribution in [3.63, 3.8) is 0 Å². The minimum atomic E-state index is -0.596. The normalized spacial score (nSPS) is 11.0. The molecule has 2 amide bonds. The zero-order valence-corrected chi connectivity index (χ0v) is 14.1. The first-order valence-electron chi connectivity index (χ1n) is 7.52. The SMILES string of the molecule is Cc1cc(NC(=O)c2ccccc2F)ncc1NC(=O)C(C)(C)C. The largest absolute Gasteiger partial charge is 0.324 e. The standard InChI is InChI=1S/C18H20FN3O2/c1-11-9-15(20-10-14(11)21-17(24)18(2,3)4)22-16(23)12-7-5-6-8-13(12)19/h5-10H,1-4H3,(H,21,24)(H,20,22,23). The number of amides is 2. The first-order valence-corrected chi connectivity index (χ1v) is 7.52. The number of aryl methyl sites for hydroxylation is 1. The van der Waals surface area contributed by atoms with Gasteiger partial charge in [0.25, 0.3) is 5.91 Å². The van der Waals surface area contributed by atoms with Crippen LogP contribution in [-0.4, -0.2) is 16.8 Å². The Labute approximate surface area is 140 Å². The molecule has 0 aliphatic heterocycles. The number of halogens is 1. The second-order valence-corrected chi connectivity index (χ2v) is 6.52. The average Bonchev–Trinajstić information content (AvgIpc) is 2.49. The summed E-state index contributed by atoms with van der Waals surface area (Å²) in [5.41, 5.74) is 0.733. The van der Waals surface area contributed by atoms with Gasteiger partial charge in [0.1, 0.15) is 11.6 Å². The Morgan fingerprint density at radius 2 is 1.79 bits per heavy atom. The molecule has 1 aromatic heterocycles. The van der Waals surface area contributed by atoms with Crippen LogP contribution < -0.4 is 10.6 Å². The summed E-state index contributed by atoms with van der Waals surface area (Å²) in [5.74, 6) is -1.02. The molecule has 24 heavy (non-hydrogen) atoms. The number of pyridine rings is 1. The van der Waals surface area contributed by atoms with Crippen molar-refractivity contribution in [3.05, 3.63) is 53.5 Å². The van der Waals surface area contributed by atoms with Crippen molar-refractivity contribution in [2.45, 2.75) is 27.7 Å². The van der Waals surface area contributed by atoms with Gasteiger partial charge in [0.2, 0.25) is 5.91 Å². The lowest BCUT2D eigenvalue weighted by atomic mass is 9.95. The van der Waals surface area contributed by atoms with Gasteiger partial charge >= 0.3 is 0 Å². The first kappa shape index (κ1) is 17.6. The Morgan fingerprint density at radius 3 is 2.38 bits per heavy atom. The van der Waals surface area contributed by atoms with E-state index in [1.54, 1.807) is 19.1 Å². The highest BCUT2D eigenvalue weighted by Gasteiger charge is 2.22. The van der Waals surface area contributed by atoms with Gasteiger partial charge in [-0.2, -0.15) is 0 Å². The van der Waals surface area contributed by atoms with Crippen molar-refractivity contribution in [2.75, 3.05) is 10.6 Å². The number of rotatable bonds is 3. The molecule has 1 heterocycles. The summed E-state index contributed by atoms with van der Waals surface area (Å²) in [4.78, 5) is 28.2. The molecule has 2 rings (SSSR count). The number of nitrogens with one attached hydrogen (secondary N) is 2. The van der Waals surface area contributed by atoms with Gasteiger partial charge in [0.15, 0.2) is 0 Å². The lowest BCUT2D eigenvalue weighted by Gasteiger charge is -2.18. The van der Waals surface area contributed by atoms with E-state index < -0.39 is 17.1 Å². The molecular weight excluding hydrogens is 309 g/mol. The fourth-order valence-electron chi connectivity index (χ4n) is 1.89. The molecule has 0 bridgehead atoms. The van der Waals surface area contributed by atoms with Gasteiger partial charge in [-0.15, -0.1) is 0 Å². The summed E-state index contributed by atoms with van der Waals surface area (Å²) in [6.45, 7) is 7.23. The van der Waals surface area contributed by atoms with E-state index in [1.165, 1.54) is 24.4 Å². The van der Waals surface area contributed by atoms with Crippen LogP contribution >= 0.6 is 0 Å². The molecule has 2 N–H and O–H groups in total. The number of anilines is 2. The molecule has 5 nitrogen and oxygen atoms in total. The molecule has 1 aromatic carbocycles. The minimum Gasteiger partial charge on any atom is -0.324 e. The third-order valence-electron chi connectivity index (χ3n) is 3.40. The zero-order chi connectivity index (χ0) is 17.9. The Balaban J connectivity index is 2.14. The van der Waals surface area contributed by atoms with Crippen molar-refractivity contribution in [1.82, 2.24) is 4.98 Å². The highest BCUT2D eigenvalue weighted by atomic mass is 19.1. The van der Waals surface area contributed by atoms with Crippen LogP contribution in [0.2, 0.25) is 0 Å². The Kier molecular flexibility index (Phi) is 4.97. The molecule has 0 aliphatic rings. The van der Waals surface area contributed by atoms with Gasteiger partial charge in [-0.25, -0.2) is 9.37 Å². The molecule has 0 saturated heterocycles. The third-order valence-corrected chi connectivity index (χ3v) is 3.40. The number of hydrogen-bond acceptors (Lipinski definition) is 3. The van der Waals surface area contributed by atoms with Gasteiger partial charge in [0.05, 0.1) is 17.4 Å². The van der Waals surface area contributed by atoms with Crippen molar-refractivity contribution < 1.29 is 14.0 Å². The van der Waals surface area contributed by atoms with Crippen LogP contribution in [-0.2, 0) is 4.79 Å². The van der Waals surface area contributed by atoms with E-state index >= 15 is 0 Å². The van der Waals surface area contributed by atoms with E-state index in [2.05, 4.69) is 15.6 Å². The number of benzene rings is 1. The molecule has 126 valence electrons. The maximum absolute atomic E-state index is 13.6. The number of nitrogens with zero attached hydrogens (tertiary/aromatic N) is 1. The Bertz CT molecular complexity index is 782. The second-order valence-electron chi connectivity index (χ2n) is 6.52. The highest BCUT2D eigenvalue weighted by Crippen LogP contribution is 2.21. The van der Waals surface area contributed by atoms with E-state index in [9.17, 15) is 14.0 Å². The molecular formula is C18H20FN3O2. The lowest BCUT2D eigenvalue weighted by Crippen LogP contribution is -2.28. The van der Waals surface area contributed by atoms with E-state index in [4.69, 9.17) is 0 Å². The molecule has 0 radical (unpaired) electrons. The van der Waals surface area contributed by atoms with E-state index in [0.29, 0.717) is 5.69 Å². The fraction of sp³-hybridized carbons (Fsp3) is 0.278. The lowest BCUT2D eigenvalue weighted by molar-refractivity contribution is -0.123. The first-order chi connectivity index (χ1) is 11.2. The fourth-order valence-corrected chi connectivity index (χ4v) is 1.89. The summed E-state index contributed by atoms with van der Waals surface area (Å²) in [5, 5.41) is 5.35. The molecule has 0 unspecified atom stereocenters. The van der Waals surface area contributed by atoms with Crippen LogP contribution in [0.3, 0.4) is 0 Å². The van der Waals surface area contributed by atoms with Crippen molar-refractivity contribution in [1.29, 1.82) is 0 Å². The Morgan fingerprint density at radius 1 is 1.12 bits per heavy atom. The minimum absolute atomic E-state index is 0.0536. The highest BCUT2D eigenvalue weighted by molar-refractivity contribution is 6.04. The third kappa shape index (κ3) is 4.16. The predicted octanol–water partition coefficient (Wildman–Crippen LogP) is 3.77. The maximum atomic E-state index is 13.6. The smallest absolute Gasteiger partial charge is 0.259 e. The Hall–Kier alpha value is -2.76. The summed E-state index contributed by atoms with van der Waals surface area (Å²) in [6.07, 6.45) is 1.47. The molecule has 2 aromatic rings. The summed E-state index contributed by atoms with van der Waals surface area (Å²) in [7, 11) is 0. The molecule has 6 heteroatoms. The molecule has 0 aliphatic carbocycles. The predicted molar refractivity (Wildman–Crippen MR) is 91.4 cm³/mol. The van der Waals surface area contributed by atoms with Gasteiger partial charge in [-0.1, -0.05) is 32.9 Å². The number of carbonyl (C=O) groups excluding carboxylic acids is 2. The summed E-state index contributed by atoms with van der Waals surface area (Å²) < 4.78 is 13.6. The number of carbonyl (C=O) groups is 2. The molecule has 0 saturated carbocycles. The van der Waals surface area contributed by atoms with Crippen LogP contribution in [0, 0.1) is 18.2 Å².